The van der Waals surface area contributed by atoms with E-state index in [0.717, 1.165) is 38.5 Å². The van der Waals surface area contributed by atoms with Crippen LogP contribution >= 0.6 is 0 Å². The molecule has 19 heavy (non-hydrogen) atoms. The van der Waals surface area contributed by atoms with Crippen LogP contribution in [0.2, 0.25) is 0 Å². The first-order chi connectivity index (χ1) is 9.19. The highest BCUT2D eigenvalue weighted by atomic mass is 16.3. The standard InChI is InChI=1S/C14H23N3O2/c1-3-16-6-8-17(9-7-16)12-14(18)15(2)11-13-5-4-10-19-13/h4-5,10H,3,6-9,11-12H2,1-2H3. The molecular weight excluding hydrogens is 242 g/mol. The van der Waals surface area contributed by atoms with Gasteiger partial charge in [-0.3, -0.25) is 9.69 Å². The second-order valence-electron chi connectivity index (χ2n) is 5.04. The third-order valence-electron chi connectivity index (χ3n) is 3.67. The van der Waals surface area contributed by atoms with Gasteiger partial charge in [0.2, 0.25) is 5.91 Å². The zero-order valence-corrected chi connectivity index (χ0v) is 11.8. The van der Waals surface area contributed by atoms with E-state index in [4.69, 9.17) is 4.42 Å². The van der Waals surface area contributed by atoms with Crippen LogP contribution in [0.4, 0.5) is 0 Å². The molecule has 5 nitrogen and oxygen atoms in total. The molecule has 1 amide bonds. The molecule has 106 valence electrons. The predicted molar refractivity (Wildman–Crippen MR) is 73.7 cm³/mol. The summed E-state index contributed by atoms with van der Waals surface area (Å²) in [4.78, 5) is 18.5. The number of piperazine rings is 1. The van der Waals surface area contributed by atoms with Gasteiger partial charge in [-0.15, -0.1) is 0 Å². The van der Waals surface area contributed by atoms with E-state index in [9.17, 15) is 4.79 Å². The first kappa shape index (κ1) is 14.1. The molecule has 0 atom stereocenters. The molecule has 0 N–H and O–H groups in total. The van der Waals surface area contributed by atoms with Crippen molar-refractivity contribution in [3.05, 3.63) is 24.2 Å². The molecule has 2 rings (SSSR count). The summed E-state index contributed by atoms with van der Waals surface area (Å²) >= 11 is 0. The minimum absolute atomic E-state index is 0.154. The maximum Gasteiger partial charge on any atom is 0.236 e. The average molecular weight is 265 g/mol. The van der Waals surface area contributed by atoms with Gasteiger partial charge in [-0.05, 0) is 18.7 Å². The molecule has 1 fully saturated rings. The largest absolute Gasteiger partial charge is 0.467 e. The lowest BCUT2D eigenvalue weighted by molar-refractivity contribution is -0.132. The van der Waals surface area contributed by atoms with Crippen LogP contribution < -0.4 is 0 Å². The Balaban J connectivity index is 1.74. The van der Waals surface area contributed by atoms with Crippen molar-refractivity contribution >= 4 is 5.91 Å². The normalized spacial score (nSPS) is 17.6. The summed E-state index contributed by atoms with van der Waals surface area (Å²) in [5.41, 5.74) is 0. The number of likely N-dealkylation sites (N-methyl/N-ethyl adjacent to an activating group) is 2. The lowest BCUT2D eigenvalue weighted by atomic mass is 10.3. The summed E-state index contributed by atoms with van der Waals surface area (Å²) in [6, 6.07) is 3.74. The van der Waals surface area contributed by atoms with Gasteiger partial charge in [-0.1, -0.05) is 6.92 Å². The van der Waals surface area contributed by atoms with E-state index in [1.165, 1.54) is 0 Å². The second-order valence-corrected chi connectivity index (χ2v) is 5.04. The molecule has 2 heterocycles. The highest BCUT2D eigenvalue weighted by molar-refractivity contribution is 5.77. The Labute approximate surface area is 114 Å². The fourth-order valence-electron chi connectivity index (χ4n) is 2.30. The van der Waals surface area contributed by atoms with Crippen LogP contribution in [0.5, 0.6) is 0 Å². The topological polar surface area (TPSA) is 39.9 Å². The molecule has 0 unspecified atom stereocenters. The van der Waals surface area contributed by atoms with Gasteiger partial charge < -0.3 is 14.2 Å². The molecule has 5 heteroatoms. The van der Waals surface area contributed by atoms with Crippen molar-refractivity contribution in [2.24, 2.45) is 0 Å². The number of hydrogen-bond donors (Lipinski definition) is 0. The van der Waals surface area contributed by atoms with Crippen molar-refractivity contribution in [3.8, 4) is 0 Å². The monoisotopic (exact) mass is 265 g/mol. The average Bonchev–Trinajstić information content (AvgIpc) is 2.92. The number of nitrogens with zero attached hydrogens (tertiary/aromatic N) is 3. The second kappa shape index (κ2) is 6.73. The third kappa shape index (κ3) is 4.08. The summed E-state index contributed by atoms with van der Waals surface area (Å²) in [5.74, 6) is 0.980. The lowest BCUT2D eigenvalue weighted by Crippen LogP contribution is -2.49. The summed E-state index contributed by atoms with van der Waals surface area (Å²) in [6.07, 6.45) is 1.64. The van der Waals surface area contributed by atoms with E-state index in [1.807, 2.05) is 19.2 Å². The van der Waals surface area contributed by atoms with E-state index in [2.05, 4.69) is 16.7 Å². The summed E-state index contributed by atoms with van der Waals surface area (Å²) in [6.45, 7) is 8.41. The van der Waals surface area contributed by atoms with Crippen LogP contribution in [-0.2, 0) is 11.3 Å². The van der Waals surface area contributed by atoms with Gasteiger partial charge in [0, 0.05) is 33.2 Å². The van der Waals surface area contributed by atoms with Crippen LogP contribution in [0.15, 0.2) is 22.8 Å². The maximum absolute atomic E-state index is 12.1. The highest BCUT2D eigenvalue weighted by Crippen LogP contribution is 2.06. The van der Waals surface area contributed by atoms with Crippen molar-refractivity contribution in [3.63, 3.8) is 0 Å². The number of amides is 1. The smallest absolute Gasteiger partial charge is 0.236 e. The van der Waals surface area contributed by atoms with Crippen LogP contribution in [0.25, 0.3) is 0 Å². The summed E-state index contributed by atoms with van der Waals surface area (Å²) in [5, 5.41) is 0. The van der Waals surface area contributed by atoms with E-state index in [-0.39, 0.29) is 5.91 Å². The first-order valence-corrected chi connectivity index (χ1v) is 6.90. The third-order valence-corrected chi connectivity index (χ3v) is 3.67. The van der Waals surface area contributed by atoms with Crippen molar-refractivity contribution in [2.75, 3.05) is 46.3 Å². The van der Waals surface area contributed by atoms with Crippen LogP contribution in [-0.4, -0.2) is 66.9 Å². The van der Waals surface area contributed by atoms with Gasteiger partial charge in [-0.25, -0.2) is 0 Å². The van der Waals surface area contributed by atoms with E-state index >= 15 is 0 Å². The minimum Gasteiger partial charge on any atom is -0.467 e. The van der Waals surface area contributed by atoms with Crippen molar-refractivity contribution in [2.45, 2.75) is 13.5 Å². The fourth-order valence-corrected chi connectivity index (χ4v) is 2.30. The van der Waals surface area contributed by atoms with Gasteiger partial charge in [-0.2, -0.15) is 0 Å². The predicted octanol–water partition coefficient (Wildman–Crippen LogP) is 0.875. The van der Waals surface area contributed by atoms with Gasteiger partial charge in [0.25, 0.3) is 0 Å². The molecule has 1 saturated heterocycles. The molecule has 0 spiro atoms. The van der Waals surface area contributed by atoms with Crippen molar-refractivity contribution < 1.29 is 9.21 Å². The SMILES string of the molecule is CCN1CCN(CC(=O)N(C)Cc2ccco2)CC1. The minimum atomic E-state index is 0.154. The van der Waals surface area contributed by atoms with Crippen LogP contribution in [0.1, 0.15) is 12.7 Å². The molecule has 1 aliphatic rings. The molecular formula is C14H23N3O2. The van der Waals surface area contributed by atoms with E-state index in [0.29, 0.717) is 13.1 Å². The zero-order valence-electron chi connectivity index (χ0n) is 11.8. The summed E-state index contributed by atoms with van der Waals surface area (Å²) < 4.78 is 5.26. The van der Waals surface area contributed by atoms with Gasteiger partial charge in [0.1, 0.15) is 5.76 Å². The Hall–Kier alpha value is -1.33. The van der Waals surface area contributed by atoms with E-state index in [1.54, 1.807) is 11.2 Å². The van der Waals surface area contributed by atoms with E-state index < -0.39 is 0 Å². The Morgan fingerprint density at radius 3 is 2.58 bits per heavy atom. The number of hydrogen-bond acceptors (Lipinski definition) is 4. The molecule has 0 saturated carbocycles. The Bertz CT molecular complexity index is 383. The lowest BCUT2D eigenvalue weighted by Gasteiger charge is -2.34. The molecule has 0 bridgehead atoms. The Morgan fingerprint density at radius 1 is 1.32 bits per heavy atom. The zero-order chi connectivity index (χ0) is 13.7. The molecule has 1 aromatic rings. The quantitative estimate of drug-likeness (QED) is 0.792. The van der Waals surface area contributed by atoms with Crippen molar-refractivity contribution in [1.82, 2.24) is 14.7 Å². The summed E-state index contributed by atoms with van der Waals surface area (Å²) in [7, 11) is 1.83. The highest BCUT2D eigenvalue weighted by Gasteiger charge is 2.19. The van der Waals surface area contributed by atoms with Crippen LogP contribution in [0.3, 0.4) is 0 Å². The molecule has 0 aliphatic carbocycles. The first-order valence-electron chi connectivity index (χ1n) is 6.90. The van der Waals surface area contributed by atoms with Crippen LogP contribution in [0, 0.1) is 0 Å². The van der Waals surface area contributed by atoms with Crippen molar-refractivity contribution in [1.29, 1.82) is 0 Å². The number of carbonyl (C=O) groups excluding carboxylic acids is 1. The maximum atomic E-state index is 12.1. The number of rotatable bonds is 5. The molecule has 0 radical (unpaired) electrons. The van der Waals surface area contributed by atoms with Gasteiger partial charge >= 0.3 is 0 Å². The molecule has 1 aromatic heterocycles. The fraction of sp³-hybridized carbons (Fsp3) is 0.643. The van der Waals surface area contributed by atoms with Gasteiger partial charge in [0.05, 0.1) is 19.4 Å². The number of furan rings is 1. The molecule has 1 aliphatic heterocycles. The Kier molecular flexibility index (Phi) is 4.99. The van der Waals surface area contributed by atoms with Gasteiger partial charge in [0.15, 0.2) is 0 Å². The molecule has 0 aromatic carbocycles. The number of carbonyl (C=O) groups is 1. The Morgan fingerprint density at radius 2 is 2.00 bits per heavy atom.